The summed E-state index contributed by atoms with van der Waals surface area (Å²) in [5.41, 5.74) is 3.11. The molecule has 35 heavy (non-hydrogen) atoms. The first kappa shape index (κ1) is 25.8. The molecular weight excluding hydrogens is 442 g/mol. The number of carbonyl (C=O) groups excluding carboxylic acids is 2. The molecule has 1 heterocycles. The highest BCUT2D eigenvalue weighted by Gasteiger charge is 2.25. The zero-order valence-corrected chi connectivity index (χ0v) is 21.5. The van der Waals surface area contributed by atoms with Crippen molar-refractivity contribution >= 4 is 23.4 Å². The van der Waals surface area contributed by atoms with Crippen LogP contribution in [0.2, 0.25) is 0 Å². The highest BCUT2D eigenvalue weighted by molar-refractivity contribution is 5.97. The molecule has 0 aliphatic heterocycles. The number of methoxy groups -OCH3 is 1. The number of urea groups is 1. The van der Waals surface area contributed by atoms with Crippen molar-refractivity contribution in [2.75, 3.05) is 24.3 Å². The van der Waals surface area contributed by atoms with Gasteiger partial charge in [0.2, 0.25) is 5.91 Å². The average Bonchev–Trinajstić information content (AvgIpc) is 3.21. The average molecular weight is 478 g/mol. The van der Waals surface area contributed by atoms with E-state index in [1.54, 1.807) is 23.9 Å². The molecule has 2 N–H and O–H groups in total. The summed E-state index contributed by atoms with van der Waals surface area (Å²) in [6.07, 6.45) is 0. The normalized spacial score (nSPS) is 11.3. The van der Waals surface area contributed by atoms with Crippen LogP contribution in [0.15, 0.2) is 54.6 Å². The Balaban J connectivity index is 1.83. The van der Waals surface area contributed by atoms with Crippen LogP contribution in [0.5, 0.6) is 5.75 Å². The van der Waals surface area contributed by atoms with Gasteiger partial charge >= 0.3 is 6.03 Å². The number of aryl methyl sites for hydroxylation is 1. The minimum absolute atomic E-state index is 0.123. The van der Waals surface area contributed by atoms with Gasteiger partial charge in [0, 0.05) is 17.5 Å². The number of carbonyl (C=O) groups is 2. The van der Waals surface area contributed by atoms with Crippen LogP contribution in [-0.2, 0) is 10.2 Å². The summed E-state index contributed by atoms with van der Waals surface area (Å²) in [4.78, 5) is 27.6. The Morgan fingerprint density at radius 2 is 1.71 bits per heavy atom. The van der Waals surface area contributed by atoms with Crippen molar-refractivity contribution in [3.05, 3.63) is 65.9 Å². The maximum absolute atomic E-state index is 13.1. The quantitative estimate of drug-likeness (QED) is 0.479. The third-order valence-electron chi connectivity index (χ3n) is 5.64. The summed E-state index contributed by atoms with van der Waals surface area (Å²) in [7, 11) is 1.54. The highest BCUT2D eigenvalue weighted by atomic mass is 16.5. The van der Waals surface area contributed by atoms with E-state index < -0.39 is 0 Å². The molecule has 0 aliphatic carbocycles. The van der Waals surface area contributed by atoms with Gasteiger partial charge in [-0.3, -0.25) is 4.79 Å². The largest absolute Gasteiger partial charge is 0.495 e. The number of hydrogen-bond acceptors (Lipinski definition) is 4. The standard InChI is InChI=1S/C27H35N5O3/c1-18(2)31(26(34)28-20-13-9-11-15-22(20)35-7)17-25(33)29-24-16-23(27(4,5)6)30-32(24)21-14-10-8-12-19(21)3/h8-16,18H,17H2,1-7H3,(H,28,34)(H,29,33). The predicted octanol–water partition coefficient (Wildman–Crippen LogP) is 5.37. The summed E-state index contributed by atoms with van der Waals surface area (Å²) in [6, 6.07) is 16.3. The first-order valence-electron chi connectivity index (χ1n) is 11.7. The first-order chi connectivity index (χ1) is 16.5. The maximum atomic E-state index is 13.1. The lowest BCUT2D eigenvalue weighted by molar-refractivity contribution is -0.117. The number of nitrogens with one attached hydrogen (secondary N) is 2. The van der Waals surface area contributed by atoms with Crippen molar-refractivity contribution in [3.8, 4) is 11.4 Å². The predicted molar refractivity (Wildman–Crippen MR) is 139 cm³/mol. The van der Waals surface area contributed by atoms with E-state index in [1.807, 2.05) is 63.2 Å². The Labute approximate surface area is 207 Å². The van der Waals surface area contributed by atoms with E-state index in [0.717, 1.165) is 16.9 Å². The molecule has 0 spiro atoms. The van der Waals surface area contributed by atoms with Gasteiger partial charge in [-0.05, 0) is 44.5 Å². The van der Waals surface area contributed by atoms with Crippen molar-refractivity contribution in [1.82, 2.24) is 14.7 Å². The summed E-state index contributed by atoms with van der Waals surface area (Å²) in [5, 5.41) is 10.6. The number of ether oxygens (including phenoxy) is 1. The van der Waals surface area contributed by atoms with Crippen molar-refractivity contribution < 1.29 is 14.3 Å². The van der Waals surface area contributed by atoms with E-state index in [4.69, 9.17) is 9.84 Å². The minimum Gasteiger partial charge on any atom is -0.495 e. The number of amides is 3. The Hall–Kier alpha value is -3.81. The fourth-order valence-corrected chi connectivity index (χ4v) is 3.58. The zero-order chi connectivity index (χ0) is 25.8. The number of benzene rings is 2. The van der Waals surface area contributed by atoms with Gasteiger partial charge in [0.05, 0.1) is 24.2 Å². The molecule has 1 aromatic heterocycles. The van der Waals surface area contributed by atoms with Crippen LogP contribution >= 0.6 is 0 Å². The SMILES string of the molecule is COc1ccccc1NC(=O)N(CC(=O)Nc1cc(C(C)(C)C)nn1-c1ccccc1C)C(C)C. The molecule has 3 rings (SSSR count). The van der Waals surface area contributed by atoms with Crippen LogP contribution < -0.4 is 15.4 Å². The monoisotopic (exact) mass is 477 g/mol. The number of aromatic nitrogens is 2. The van der Waals surface area contributed by atoms with Crippen LogP contribution in [0, 0.1) is 6.92 Å². The van der Waals surface area contributed by atoms with Crippen molar-refractivity contribution in [2.45, 2.75) is 53.0 Å². The molecule has 3 amide bonds. The molecule has 0 bridgehead atoms. The van der Waals surface area contributed by atoms with Crippen molar-refractivity contribution in [2.24, 2.45) is 0 Å². The molecule has 0 saturated heterocycles. The molecule has 0 fully saturated rings. The second-order valence-corrected chi connectivity index (χ2v) is 9.76. The zero-order valence-electron chi connectivity index (χ0n) is 21.5. The van der Waals surface area contributed by atoms with E-state index >= 15 is 0 Å². The first-order valence-corrected chi connectivity index (χ1v) is 11.7. The van der Waals surface area contributed by atoms with Crippen molar-refractivity contribution in [1.29, 1.82) is 0 Å². The molecule has 0 aliphatic rings. The summed E-state index contributed by atoms with van der Waals surface area (Å²) in [5.74, 6) is 0.790. The Bertz CT molecular complexity index is 1190. The number of hydrogen-bond donors (Lipinski definition) is 2. The maximum Gasteiger partial charge on any atom is 0.322 e. The Kier molecular flexibility index (Phi) is 7.84. The Morgan fingerprint density at radius 1 is 1.06 bits per heavy atom. The van der Waals surface area contributed by atoms with E-state index in [-0.39, 0.29) is 29.9 Å². The van der Waals surface area contributed by atoms with Gasteiger partial charge in [-0.15, -0.1) is 0 Å². The minimum atomic E-state index is -0.387. The lowest BCUT2D eigenvalue weighted by atomic mass is 9.92. The smallest absolute Gasteiger partial charge is 0.322 e. The van der Waals surface area contributed by atoms with Gasteiger partial charge in [-0.1, -0.05) is 51.1 Å². The van der Waals surface area contributed by atoms with Gasteiger partial charge in [0.1, 0.15) is 18.1 Å². The molecule has 8 heteroatoms. The third-order valence-corrected chi connectivity index (χ3v) is 5.64. The van der Waals surface area contributed by atoms with E-state index in [0.29, 0.717) is 17.3 Å². The van der Waals surface area contributed by atoms with Crippen LogP contribution in [0.25, 0.3) is 5.69 Å². The summed E-state index contributed by atoms with van der Waals surface area (Å²) >= 11 is 0. The van der Waals surface area contributed by atoms with Crippen LogP contribution in [0.4, 0.5) is 16.3 Å². The number of nitrogens with zero attached hydrogens (tertiary/aromatic N) is 3. The second-order valence-electron chi connectivity index (χ2n) is 9.76. The molecule has 0 saturated carbocycles. The van der Waals surface area contributed by atoms with Crippen molar-refractivity contribution in [3.63, 3.8) is 0 Å². The van der Waals surface area contributed by atoms with Gasteiger partial charge in [0.25, 0.3) is 0 Å². The molecule has 0 atom stereocenters. The molecule has 0 unspecified atom stereocenters. The highest BCUT2D eigenvalue weighted by Crippen LogP contribution is 2.28. The van der Waals surface area contributed by atoms with Crippen LogP contribution in [-0.4, -0.2) is 46.3 Å². The third kappa shape index (κ3) is 6.20. The molecule has 2 aromatic carbocycles. The van der Waals surface area contributed by atoms with Crippen LogP contribution in [0.1, 0.15) is 45.9 Å². The lowest BCUT2D eigenvalue weighted by Gasteiger charge is -2.26. The summed E-state index contributed by atoms with van der Waals surface area (Å²) < 4.78 is 7.07. The van der Waals surface area contributed by atoms with Gasteiger partial charge in [0.15, 0.2) is 0 Å². The fourth-order valence-electron chi connectivity index (χ4n) is 3.58. The molecule has 186 valence electrons. The number of rotatable bonds is 7. The molecular formula is C27H35N5O3. The lowest BCUT2D eigenvalue weighted by Crippen LogP contribution is -2.44. The van der Waals surface area contributed by atoms with Gasteiger partial charge in [-0.25, -0.2) is 9.48 Å². The molecule has 0 radical (unpaired) electrons. The molecule has 8 nitrogen and oxygen atoms in total. The number of para-hydroxylation sites is 3. The van der Waals surface area contributed by atoms with Gasteiger partial charge in [-0.2, -0.15) is 5.10 Å². The van der Waals surface area contributed by atoms with E-state index in [9.17, 15) is 9.59 Å². The van der Waals surface area contributed by atoms with E-state index in [1.165, 1.54) is 4.90 Å². The Morgan fingerprint density at radius 3 is 2.34 bits per heavy atom. The topological polar surface area (TPSA) is 88.5 Å². The molecule has 3 aromatic rings. The summed E-state index contributed by atoms with van der Waals surface area (Å²) in [6.45, 7) is 11.8. The fraction of sp³-hybridized carbons (Fsp3) is 0.370. The van der Waals surface area contributed by atoms with Gasteiger partial charge < -0.3 is 20.3 Å². The van der Waals surface area contributed by atoms with E-state index in [2.05, 4.69) is 31.4 Å². The second kappa shape index (κ2) is 10.6. The van der Waals surface area contributed by atoms with Crippen LogP contribution in [0.3, 0.4) is 0 Å². The number of anilines is 2.